The second-order valence-corrected chi connectivity index (χ2v) is 15.5. The molecule has 0 aliphatic rings. The van der Waals surface area contributed by atoms with E-state index in [9.17, 15) is 10.5 Å². The molecule has 4 heterocycles. The van der Waals surface area contributed by atoms with Crippen LogP contribution in [0.15, 0.2) is 180 Å². The van der Waals surface area contributed by atoms with Crippen LogP contribution in [0.4, 0.5) is 0 Å². The second-order valence-electron chi connectivity index (χ2n) is 15.5. The Labute approximate surface area is 341 Å². The minimum Gasteiger partial charge on any atom is -0.455 e. The first-order chi connectivity index (χ1) is 29.7. The first-order valence-electron chi connectivity index (χ1n) is 20.0. The third-order valence-corrected chi connectivity index (χ3v) is 12.5. The van der Waals surface area contributed by atoms with Crippen LogP contribution in [0.3, 0.4) is 0 Å². The lowest BCUT2D eigenvalue weighted by molar-refractivity contribution is 0.673. The van der Waals surface area contributed by atoms with Crippen LogP contribution in [0.2, 0.25) is 0 Å². The normalized spacial score (nSPS) is 12.0. The van der Waals surface area contributed by atoms with Crippen LogP contribution in [0.1, 0.15) is 11.1 Å². The Bertz CT molecular complexity index is 4050. The molecule has 0 spiro atoms. The summed E-state index contributed by atoms with van der Waals surface area (Å²) in [6.45, 7) is 0. The van der Waals surface area contributed by atoms with Crippen molar-refractivity contribution in [2.75, 3.05) is 0 Å². The minimum atomic E-state index is 0.453. The fourth-order valence-electron chi connectivity index (χ4n) is 10.00. The number of nitrogens with zero attached hydrogens (tertiary/aromatic N) is 5. The summed E-state index contributed by atoms with van der Waals surface area (Å²) in [5.41, 5.74) is 10.9. The monoisotopic (exact) mass is 763 g/mol. The molecular weight excluding hydrogens is 735 g/mol. The number of hydrogen-bond acceptors (Lipinski definition) is 3. The van der Waals surface area contributed by atoms with Gasteiger partial charge in [-0.2, -0.15) is 10.5 Å². The van der Waals surface area contributed by atoms with Gasteiger partial charge in [-0.05, 0) is 83.6 Å². The summed E-state index contributed by atoms with van der Waals surface area (Å²) in [6.07, 6.45) is 0. The lowest BCUT2D eigenvalue weighted by atomic mass is 10.0. The van der Waals surface area contributed by atoms with E-state index in [4.69, 9.17) is 4.42 Å². The third-order valence-electron chi connectivity index (χ3n) is 12.5. The van der Waals surface area contributed by atoms with Gasteiger partial charge in [0.1, 0.15) is 23.3 Å². The lowest BCUT2D eigenvalue weighted by Gasteiger charge is -2.16. The van der Waals surface area contributed by atoms with Crippen LogP contribution in [0.25, 0.3) is 115 Å². The highest BCUT2D eigenvalue weighted by molar-refractivity contribution is 6.24. The van der Waals surface area contributed by atoms with Gasteiger partial charge in [0.05, 0.1) is 61.0 Å². The van der Waals surface area contributed by atoms with E-state index < -0.39 is 0 Å². The Morgan fingerprint density at radius 1 is 0.367 bits per heavy atom. The largest absolute Gasteiger partial charge is 0.455 e. The molecule has 4 aromatic heterocycles. The van der Waals surface area contributed by atoms with Gasteiger partial charge in [0.25, 0.3) is 0 Å². The number of rotatable bonds is 3. The maximum absolute atomic E-state index is 11.1. The van der Waals surface area contributed by atoms with Crippen molar-refractivity contribution in [2.24, 2.45) is 0 Å². The van der Waals surface area contributed by atoms with Crippen molar-refractivity contribution >= 4 is 98.1 Å². The van der Waals surface area contributed by atoms with E-state index in [0.717, 1.165) is 93.0 Å². The first-order valence-corrected chi connectivity index (χ1v) is 20.0. The summed E-state index contributed by atoms with van der Waals surface area (Å²) < 4.78 is 13.2. The number of benzene rings is 9. The van der Waals surface area contributed by atoms with E-state index in [1.54, 1.807) is 0 Å². The first kappa shape index (κ1) is 32.5. The van der Waals surface area contributed by atoms with Crippen LogP contribution in [-0.2, 0) is 0 Å². The molecule has 0 saturated heterocycles. The molecule has 0 bridgehead atoms. The summed E-state index contributed by atoms with van der Waals surface area (Å²) in [5.74, 6) is 0. The molecule has 0 atom stereocenters. The summed E-state index contributed by atoms with van der Waals surface area (Å²) in [4.78, 5) is 0. The Balaban J connectivity index is 1.10. The molecule has 0 N–H and O–H groups in total. The van der Waals surface area contributed by atoms with E-state index in [-0.39, 0.29) is 0 Å². The Morgan fingerprint density at radius 2 is 0.883 bits per heavy atom. The number of nitriles is 2. The number of para-hydroxylation sites is 4. The number of aromatic nitrogens is 3. The van der Waals surface area contributed by atoms with Gasteiger partial charge in [-0.15, -0.1) is 0 Å². The summed E-state index contributed by atoms with van der Waals surface area (Å²) in [7, 11) is 0. The van der Waals surface area contributed by atoms with E-state index in [2.05, 4.69) is 159 Å². The summed E-state index contributed by atoms with van der Waals surface area (Å²) in [5, 5.41) is 33.0. The van der Waals surface area contributed by atoms with Crippen molar-refractivity contribution in [3.63, 3.8) is 0 Å². The van der Waals surface area contributed by atoms with Crippen LogP contribution in [0, 0.1) is 22.7 Å². The van der Waals surface area contributed by atoms with Crippen molar-refractivity contribution in [3.8, 4) is 29.2 Å². The van der Waals surface area contributed by atoms with Crippen LogP contribution >= 0.6 is 0 Å². The smallest absolute Gasteiger partial charge is 0.145 e. The van der Waals surface area contributed by atoms with Crippen molar-refractivity contribution in [3.05, 3.63) is 187 Å². The highest BCUT2D eigenvalue weighted by Crippen LogP contribution is 2.44. The van der Waals surface area contributed by atoms with Crippen molar-refractivity contribution in [1.82, 2.24) is 13.7 Å². The maximum Gasteiger partial charge on any atom is 0.145 e. The van der Waals surface area contributed by atoms with Crippen LogP contribution in [-0.4, -0.2) is 13.7 Å². The van der Waals surface area contributed by atoms with Gasteiger partial charge in [-0.25, -0.2) is 0 Å². The molecule has 0 amide bonds. The Kier molecular flexibility index (Phi) is 6.48. The number of fused-ring (bicyclic) bond motifs is 15. The predicted octanol–water partition coefficient (Wildman–Crippen LogP) is 13.8. The fourth-order valence-corrected chi connectivity index (χ4v) is 10.00. The molecule has 6 nitrogen and oxygen atoms in total. The third kappa shape index (κ3) is 4.23. The highest BCUT2D eigenvalue weighted by atomic mass is 16.3. The Morgan fingerprint density at radius 3 is 1.57 bits per heavy atom. The molecule has 0 aliphatic heterocycles. The zero-order valence-corrected chi connectivity index (χ0v) is 31.9. The maximum atomic E-state index is 11.1. The van der Waals surface area contributed by atoms with E-state index in [1.807, 2.05) is 42.5 Å². The van der Waals surface area contributed by atoms with Crippen molar-refractivity contribution in [1.29, 1.82) is 10.5 Å². The van der Waals surface area contributed by atoms with Gasteiger partial charge >= 0.3 is 0 Å². The summed E-state index contributed by atoms with van der Waals surface area (Å²) in [6, 6.07) is 65.8. The minimum absolute atomic E-state index is 0.453. The van der Waals surface area contributed by atoms with Gasteiger partial charge in [0, 0.05) is 43.4 Å². The Hall–Kier alpha value is -8.58. The molecule has 9 aromatic carbocycles. The second kappa shape index (κ2) is 12.0. The van der Waals surface area contributed by atoms with Gasteiger partial charge in [0.15, 0.2) is 0 Å². The molecule has 13 aromatic rings. The SMILES string of the molecule is N#Cc1cc(-n2c3ccccc3c3c4oc5ccccc5c4ccc32)c(C#N)cc1-n1c2ccc(-n3c4ccccc4c4ccccc43)cc2c2c3ccccc3ccc21. The zero-order valence-electron chi connectivity index (χ0n) is 31.9. The molecule has 6 heteroatoms. The molecule has 0 aliphatic carbocycles. The van der Waals surface area contributed by atoms with Crippen molar-refractivity contribution in [2.45, 2.75) is 0 Å². The lowest BCUT2D eigenvalue weighted by Crippen LogP contribution is -2.04. The average Bonchev–Trinajstić information content (AvgIpc) is 4.04. The van der Waals surface area contributed by atoms with Crippen LogP contribution in [0.5, 0.6) is 0 Å². The molecule has 13 rings (SSSR count). The average molecular weight is 764 g/mol. The van der Waals surface area contributed by atoms with Gasteiger partial charge in [-0.3, -0.25) is 0 Å². The number of furan rings is 1. The fraction of sp³-hybridized carbons (Fsp3) is 0. The summed E-state index contributed by atoms with van der Waals surface area (Å²) >= 11 is 0. The topological polar surface area (TPSA) is 75.5 Å². The molecule has 60 heavy (non-hydrogen) atoms. The quantitative estimate of drug-likeness (QED) is 0.180. The molecule has 0 unspecified atom stereocenters. The van der Waals surface area contributed by atoms with E-state index in [1.165, 1.54) is 10.8 Å². The molecule has 0 fully saturated rings. The molecule has 276 valence electrons. The van der Waals surface area contributed by atoms with E-state index >= 15 is 0 Å². The van der Waals surface area contributed by atoms with E-state index in [0.29, 0.717) is 22.5 Å². The van der Waals surface area contributed by atoms with Gasteiger partial charge in [-0.1, -0.05) is 103 Å². The van der Waals surface area contributed by atoms with Gasteiger partial charge < -0.3 is 18.1 Å². The molecular formula is C54H29N5O. The molecule has 0 saturated carbocycles. The van der Waals surface area contributed by atoms with Crippen LogP contribution < -0.4 is 0 Å². The standard InChI is InChI=1S/C54H29N5O/c55-30-33-28-50(34(31-56)27-49(33)58-45-19-9-5-16-41(45)53-48(58)26-23-40-39-15-6-10-20-51(39)60-54(40)53)59-46-25-22-35(29-42(46)52-36-12-2-1-11-32(36)21-24-47(52)59)57-43-17-7-3-13-37(43)38-14-4-8-18-44(38)57/h1-29H. The molecule has 0 radical (unpaired) electrons. The highest BCUT2D eigenvalue weighted by Gasteiger charge is 2.24. The predicted molar refractivity (Wildman–Crippen MR) is 244 cm³/mol. The van der Waals surface area contributed by atoms with Gasteiger partial charge in [0.2, 0.25) is 0 Å². The zero-order chi connectivity index (χ0) is 39.6. The van der Waals surface area contributed by atoms with Crippen molar-refractivity contribution < 1.29 is 4.42 Å². The number of hydrogen-bond donors (Lipinski definition) is 0.